The Hall–Kier alpha value is -1.39. The summed E-state index contributed by atoms with van der Waals surface area (Å²) in [5, 5.41) is 3.77. The molecule has 70 valence electrons. The number of hydrogen-bond donors (Lipinski definition) is 0. The van der Waals surface area contributed by atoms with Gasteiger partial charge in [0, 0.05) is 5.92 Å². The van der Waals surface area contributed by atoms with Gasteiger partial charge in [-0.1, -0.05) is 5.16 Å². The maximum atomic E-state index is 10.8. The van der Waals surface area contributed by atoms with Gasteiger partial charge in [-0.25, -0.2) is 0 Å². The minimum atomic E-state index is -0.356. The molecule has 0 atom stereocenters. The number of rotatable bonds is 3. The number of hydrogen-bond acceptors (Lipinski definition) is 5. The summed E-state index contributed by atoms with van der Waals surface area (Å²) >= 11 is 0. The fourth-order valence-corrected chi connectivity index (χ4v) is 1.04. The monoisotopic (exact) mass is 182 g/mol. The Labute approximate surface area is 75.1 Å². The summed E-state index contributed by atoms with van der Waals surface area (Å²) in [4.78, 5) is 14.9. The average Bonchev–Trinajstić information content (AvgIpc) is 2.88. The van der Waals surface area contributed by atoms with Crippen LogP contribution < -0.4 is 0 Å². The summed E-state index contributed by atoms with van der Waals surface area (Å²) in [5.74, 6) is 1.16. The number of esters is 1. The van der Waals surface area contributed by atoms with Crippen LogP contribution in [0, 0.1) is 0 Å². The molecule has 1 fully saturated rings. The molecule has 0 bridgehead atoms. The van der Waals surface area contributed by atoms with Gasteiger partial charge in [-0.2, -0.15) is 4.98 Å². The highest BCUT2D eigenvalue weighted by Crippen LogP contribution is 2.38. The molecule has 0 aliphatic heterocycles. The molecular weight excluding hydrogens is 172 g/mol. The van der Waals surface area contributed by atoms with Crippen molar-refractivity contribution in [3.05, 3.63) is 11.7 Å². The Balaban J connectivity index is 2.00. The van der Waals surface area contributed by atoms with Gasteiger partial charge < -0.3 is 9.26 Å². The molecule has 0 spiro atoms. The minimum Gasteiger partial charge on any atom is -0.469 e. The Morgan fingerprint density at radius 1 is 1.69 bits per heavy atom. The van der Waals surface area contributed by atoms with Crippen LogP contribution in [0.3, 0.4) is 0 Å². The summed E-state index contributed by atoms with van der Waals surface area (Å²) in [5.41, 5.74) is 0. The number of carbonyl (C=O) groups is 1. The van der Waals surface area contributed by atoms with Gasteiger partial charge in [0.25, 0.3) is 0 Å². The smallest absolute Gasteiger partial charge is 0.315 e. The van der Waals surface area contributed by atoms with Crippen molar-refractivity contribution in [3.63, 3.8) is 0 Å². The Morgan fingerprint density at radius 3 is 3.08 bits per heavy atom. The third-order valence-corrected chi connectivity index (χ3v) is 1.95. The molecule has 0 saturated heterocycles. The topological polar surface area (TPSA) is 65.2 Å². The molecular formula is C8H10N2O3. The van der Waals surface area contributed by atoms with Gasteiger partial charge in [-0.05, 0) is 12.8 Å². The zero-order valence-corrected chi connectivity index (χ0v) is 7.32. The molecule has 5 nitrogen and oxygen atoms in total. The van der Waals surface area contributed by atoms with Gasteiger partial charge in [0.2, 0.25) is 5.89 Å². The lowest BCUT2D eigenvalue weighted by Crippen LogP contribution is -2.04. The van der Waals surface area contributed by atoms with Crippen LogP contribution in [-0.2, 0) is 16.0 Å². The van der Waals surface area contributed by atoms with Crippen molar-refractivity contribution in [1.29, 1.82) is 0 Å². The van der Waals surface area contributed by atoms with Crippen molar-refractivity contribution in [2.24, 2.45) is 0 Å². The van der Waals surface area contributed by atoms with Crippen molar-refractivity contribution in [1.82, 2.24) is 10.1 Å². The van der Waals surface area contributed by atoms with E-state index in [0.29, 0.717) is 11.8 Å². The van der Waals surface area contributed by atoms with E-state index in [1.165, 1.54) is 7.11 Å². The van der Waals surface area contributed by atoms with Gasteiger partial charge in [0.1, 0.15) is 6.42 Å². The molecule has 1 aromatic rings. The highest BCUT2D eigenvalue weighted by Gasteiger charge is 2.29. The molecule has 1 heterocycles. The summed E-state index contributed by atoms with van der Waals surface area (Å²) in [6.07, 6.45) is 2.31. The molecule has 13 heavy (non-hydrogen) atoms. The number of methoxy groups -OCH3 is 1. The van der Waals surface area contributed by atoms with E-state index in [0.717, 1.165) is 18.7 Å². The molecule has 1 aromatic heterocycles. The molecule has 1 saturated carbocycles. The highest BCUT2D eigenvalue weighted by atomic mass is 16.5. The van der Waals surface area contributed by atoms with Crippen LogP contribution in [0.1, 0.15) is 30.5 Å². The zero-order chi connectivity index (χ0) is 9.26. The largest absolute Gasteiger partial charge is 0.469 e. The fraction of sp³-hybridized carbons (Fsp3) is 0.625. The Bertz CT molecular complexity index is 317. The van der Waals surface area contributed by atoms with E-state index in [4.69, 9.17) is 4.52 Å². The van der Waals surface area contributed by atoms with Crippen LogP contribution in [0.15, 0.2) is 4.52 Å². The minimum absolute atomic E-state index is 0.0657. The van der Waals surface area contributed by atoms with Crippen LogP contribution in [0.4, 0.5) is 0 Å². The third kappa shape index (κ3) is 1.85. The van der Waals surface area contributed by atoms with E-state index >= 15 is 0 Å². The molecule has 5 heteroatoms. The van der Waals surface area contributed by atoms with Crippen molar-refractivity contribution in [3.8, 4) is 0 Å². The van der Waals surface area contributed by atoms with Crippen molar-refractivity contribution >= 4 is 5.97 Å². The van der Waals surface area contributed by atoms with Crippen molar-refractivity contribution < 1.29 is 14.1 Å². The van der Waals surface area contributed by atoms with Crippen molar-refractivity contribution in [2.75, 3.05) is 7.11 Å². The predicted octanol–water partition coefficient (Wildman–Crippen LogP) is 0.662. The van der Waals surface area contributed by atoms with E-state index in [9.17, 15) is 4.79 Å². The van der Waals surface area contributed by atoms with Gasteiger partial charge in [0.15, 0.2) is 5.82 Å². The lowest BCUT2D eigenvalue weighted by molar-refractivity contribution is -0.140. The lowest BCUT2D eigenvalue weighted by atomic mass is 10.4. The summed E-state index contributed by atoms with van der Waals surface area (Å²) in [7, 11) is 1.33. The number of carbonyl (C=O) groups excluding carboxylic acids is 1. The zero-order valence-electron chi connectivity index (χ0n) is 7.32. The van der Waals surface area contributed by atoms with Gasteiger partial charge in [-0.3, -0.25) is 4.79 Å². The summed E-state index contributed by atoms with van der Waals surface area (Å²) in [6, 6.07) is 0. The first-order valence-corrected chi connectivity index (χ1v) is 4.19. The van der Waals surface area contributed by atoms with E-state index < -0.39 is 0 Å². The fourth-order valence-electron chi connectivity index (χ4n) is 1.04. The van der Waals surface area contributed by atoms with Gasteiger partial charge >= 0.3 is 5.97 Å². The lowest BCUT2D eigenvalue weighted by Gasteiger charge is -1.91. The standard InChI is InChI=1S/C8H10N2O3/c1-12-7(11)4-6-9-8(10-13-6)5-2-3-5/h5H,2-4H2,1H3. The van der Waals surface area contributed by atoms with Gasteiger partial charge in [0.05, 0.1) is 7.11 Å². The molecule has 0 N–H and O–H groups in total. The summed E-state index contributed by atoms with van der Waals surface area (Å²) < 4.78 is 9.35. The van der Waals surface area contributed by atoms with Crippen LogP contribution >= 0.6 is 0 Å². The first-order valence-electron chi connectivity index (χ1n) is 4.19. The SMILES string of the molecule is COC(=O)Cc1nc(C2CC2)no1. The first-order chi connectivity index (χ1) is 6.29. The van der Waals surface area contributed by atoms with Crippen LogP contribution in [0.5, 0.6) is 0 Å². The third-order valence-electron chi connectivity index (χ3n) is 1.95. The average molecular weight is 182 g/mol. The second-order valence-electron chi connectivity index (χ2n) is 3.07. The quantitative estimate of drug-likeness (QED) is 0.642. The highest BCUT2D eigenvalue weighted by molar-refractivity contribution is 5.71. The first kappa shape index (κ1) is 8.22. The maximum Gasteiger partial charge on any atom is 0.315 e. The van der Waals surface area contributed by atoms with E-state index in [-0.39, 0.29) is 12.4 Å². The molecule has 0 radical (unpaired) electrons. The number of ether oxygens (including phenoxy) is 1. The summed E-state index contributed by atoms with van der Waals surface area (Å²) in [6.45, 7) is 0. The molecule has 1 aliphatic rings. The van der Waals surface area contributed by atoms with Crippen LogP contribution in [-0.4, -0.2) is 23.2 Å². The molecule has 0 amide bonds. The number of nitrogens with zero attached hydrogens (tertiary/aromatic N) is 2. The van der Waals surface area contributed by atoms with E-state index in [1.54, 1.807) is 0 Å². The van der Waals surface area contributed by atoms with Gasteiger partial charge in [-0.15, -0.1) is 0 Å². The molecule has 0 aromatic carbocycles. The molecule has 2 rings (SSSR count). The maximum absolute atomic E-state index is 10.8. The van der Waals surface area contributed by atoms with E-state index in [2.05, 4.69) is 14.9 Å². The Morgan fingerprint density at radius 2 is 2.46 bits per heavy atom. The number of aromatic nitrogens is 2. The Kier molecular flexibility index (Phi) is 2.00. The van der Waals surface area contributed by atoms with Crippen LogP contribution in [0.2, 0.25) is 0 Å². The molecule has 1 aliphatic carbocycles. The second-order valence-corrected chi connectivity index (χ2v) is 3.07. The van der Waals surface area contributed by atoms with Crippen LogP contribution in [0.25, 0.3) is 0 Å². The second kappa shape index (κ2) is 3.16. The molecule has 0 unspecified atom stereocenters. The van der Waals surface area contributed by atoms with Crippen molar-refractivity contribution in [2.45, 2.75) is 25.2 Å². The normalized spacial score (nSPS) is 15.8. The predicted molar refractivity (Wildman–Crippen MR) is 42.0 cm³/mol. The van der Waals surface area contributed by atoms with E-state index in [1.807, 2.05) is 0 Å².